The fraction of sp³-hybridized carbons (Fsp3) is 0.346. The molecule has 4 rings (SSSR count). The molecule has 34 heavy (non-hydrogen) atoms. The Morgan fingerprint density at radius 3 is 2.56 bits per heavy atom. The normalized spacial score (nSPS) is 17.4. The number of ether oxygens (including phenoxy) is 1. The molecule has 0 radical (unpaired) electrons. The molecule has 0 bridgehead atoms. The van der Waals surface area contributed by atoms with Gasteiger partial charge in [0.2, 0.25) is 5.91 Å². The molecule has 2 aromatic carbocycles. The van der Waals surface area contributed by atoms with E-state index in [9.17, 15) is 14.4 Å². The Hall–Kier alpha value is -3.26. The van der Waals surface area contributed by atoms with Crippen LogP contribution in [0.1, 0.15) is 36.0 Å². The van der Waals surface area contributed by atoms with E-state index in [-0.39, 0.29) is 11.4 Å². The number of rotatable bonds is 6. The first kappa shape index (κ1) is 23.9. The van der Waals surface area contributed by atoms with Gasteiger partial charge in [0.1, 0.15) is 12.3 Å². The Bertz CT molecular complexity index is 1150. The second kappa shape index (κ2) is 10.3. The first-order valence-corrected chi connectivity index (χ1v) is 12.2. The number of carbonyl (C=O) groups is 3. The summed E-state index contributed by atoms with van der Waals surface area (Å²) < 4.78 is 5.57. The van der Waals surface area contributed by atoms with Crippen molar-refractivity contribution in [1.29, 1.82) is 0 Å². The van der Waals surface area contributed by atoms with Gasteiger partial charge in [-0.05, 0) is 74.7 Å². The van der Waals surface area contributed by atoms with E-state index in [2.05, 4.69) is 10.2 Å². The number of hydrogen-bond donors (Lipinski definition) is 1. The highest BCUT2D eigenvalue weighted by molar-refractivity contribution is 8.18. The predicted octanol–water partition coefficient (Wildman–Crippen LogP) is 4.98. The number of methoxy groups -OCH3 is 1. The second-order valence-corrected chi connectivity index (χ2v) is 9.60. The number of nitrogens with one attached hydrogen (secondary N) is 1. The van der Waals surface area contributed by atoms with Crippen LogP contribution in [0.3, 0.4) is 0 Å². The van der Waals surface area contributed by atoms with E-state index in [1.807, 2.05) is 50.2 Å². The molecule has 0 spiro atoms. The van der Waals surface area contributed by atoms with Crippen LogP contribution in [0.25, 0.3) is 6.08 Å². The summed E-state index contributed by atoms with van der Waals surface area (Å²) >= 11 is 0.834. The minimum absolute atomic E-state index is 0.272. The van der Waals surface area contributed by atoms with Crippen LogP contribution < -0.4 is 15.0 Å². The van der Waals surface area contributed by atoms with Gasteiger partial charge in [0.25, 0.3) is 11.1 Å². The highest BCUT2D eigenvalue weighted by Gasteiger charge is 2.36. The molecule has 2 fully saturated rings. The summed E-state index contributed by atoms with van der Waals surface area (Å²) in [6.07, 6.45) is 5.26. The van der Waals surface area contributed by atoms with Crippen LogP contribution in [0, 0.1) is 13.8 Å². The highest BCUT2D eigenvalue weighted by atomic mass is 32.2. The van der Waals surface area contributed by atoms with E-state index in [1.54, 1.807) is 13.2 Å². The van der Waals surface area contributed by atoms with Crippen molar-refractivity contribution in [2.45, 2.75) is 33.1 Å². The molecule has 2 heterocycles. The smallest absolute Gasteiger partial charge is 0.294 e. The maximum atomic E-state index is 12.9. The van der Waals surface area contributed by atoms with E-state index in [0.29, 0.717) is 17.0 Å². The van der Waals surface area contributed by atoms with Crippen molar-refractivity contribution in [3.05, 3.63) is 58.0 Å². The first-order valence-electron chi connectivity index (χ1n) is 11.4. The largest absolute Gasteiger partial charge is 0.496 e. The lowest BCUT2D eigenvalue weighted by molar-refractivity contribution is -0.127. The van der Waals surface area contributed by atoms with Gasteiger partial charge in [0, 0.05) is 36.1 Å². The number of carbonyl (C=O) groups excluding carboxylic acids is 3. The van der Waals surface area contributed by atoms with Gasteiger partial charge in [-0.15, -0.1) is 0 Å². The van der Waals surface area contributed by atoms with Crippen LogP contribution in [-0.2, 0) is 9.59 Å². The summed E-state index contributed by atoms with van der Waals surface area (Å²) in [5.41, 5.74) is 4.48. The van der Waals surface area contributed by atoms with Crippen molar-refractivity contribution < 1.29 is 19.1 Å². The van der Waals surface area contributed by atoms with Crippen molar-refractivity contribution in [3.8, 4) is 5.75 Å². The Labute approximate surface area is 204 Å². The summed E-state index contributed by atoms with van der Waals surface area (Å²) in [7, 11) is 1.59. The third kappa shape index (κ3) is 5.28. The van der Waals surface area contributed by atoms with Gasteiger partial charge in [0.15, 0.2) is 0 Å². The Kier molecular flexibility index (Phi) is 7.26. The van der Waals surface area contributed by atoms with Crippen molar-refractivity contribution in [2.75, 3.05) is 37.0 Å². The van der Waals surface area contributed by atoms with Gasteiger partial charge in [-0.25, -0.2) is 0 Å². The number of piperidine rings is 1. The molecule has 0 atom stereocenters. The van der Waals surface area contributed by atoms with Gasteiger partial charge < -0.3 is 15.0 Å². The molecule has 1 N–H and O–H groups in total. The minimum Gasteiger partial charge on any atom is -0.496 e. The van der Waals surface area contributed by atoms with Gasteiger partial charge >= 0.3 is 0 Å². The number of amides is 3. The van der Waals surface area contributed by atoms with E-state index < -0.39 is 17.1 Å². The molecule has 0 unspecified atom stereocenters. The van der Waals surface area contributed by atoms with Gasteiger partial charge in [-0.3, -0.25) is 19.3 Å². The Balaban J connectivity index is 1.47. The zero-order valence-electron chi connectivity index (χ0n) is 19.7. The van der Waals surface area contributed by atoms with Gasteiger partial charge in [-0.1, -0.05) is 17.7 Å². The fourth-order valence-corrected chi connectivity index (χ4v) is 5.06. The molecule has 0 aromatic heterocycles. The molecule has 3 amide bonds. The minimum atomic E-state index is -0.479. The van der Waals surface area contributed by atoms with Crippen molar-refractivity contribution in [2.24, 2.45) is 0 Å². The third-order valence-corrected chi connectivity index (χ3v) is 6.96. The maximum absolute atomic E-state index is 12.9. The summed E-state index contributed by atoms with van der Waals surface area (Å²) in [6, 6.07) is 11.6. The van der Waals surface area contributed by atoms with Crippen molar-refractivity contribution in [3.63, 3.8) is 0 Å². The number of thioether (sulfide) groups is 1. The Morgan fingerprint density at radius 1 is 1.09 bits per heavy atom. The van der Waals surface area contributed by atoms with Crippen LogP contribution in [0.5, 0.6) is 5.75 Å². The number of hydrogen-bond acceptors (Lipinski definition) is 6. The van der Waals surface area contributed by atoms with E-state index >= 15 is 0 Å². The number of anilines is 2. The molecule has 2 aliphatic rings. The van der Waals surface area contributed by atoms with Crippen LogP contribution in [0.2, 0.25) is 0 Å². The topological polar surface area (TPSA) is 79.0 Å². The highest BCUT2D eigenvalue weighted by Crippen LogP contribution is 2.35. The molecular formula is C26H29N3O4S. The molecule has 2 aromatic rings. The monoisotopic (exact) mass is 479 g/mol. The summed E-state index contributed by atoms with van der Waals surface area (Å²) in [4.78, 5) is 41.5. The Morgan fingerprint density at radius 2 is 1.85 bits per heavy atom. The number of aryl methyl sites for hydroxylation is 2. The molecular weight excluding hydrogens is 450 g/mol. The lowest BCUT2D eigenvalue weighted by atomic mass is 10.1. The molecule has 7 nitrogen and oxygen atoms in total. The summed E-state index contributed by atoms with van der Waals surface area (Å²) in [5.74, 6) is -0.255. The van der Waals surface area contributed by atoms with E-state index in [4.69, 9.17) is 4.74 Å². The fourth-order valence-electron chi connectivity index (χ4n) is 4.23. The van der Waals surface area contributed by atoms with Crippen LogP contribution in [-0.4, -0.2) is 48.7 Å². The van der Waals surface area contributed by atoms with E-state index in [1.165, 1.54) is 19.3 Å². The molecule has 2 saturated heterocycles. The molecule has 8 heteroatoms. The quantitative estimate of drug-likeness (QED) is 0.589. The molecule has 0 saturated carbocycles. The predicted molar refractivity (Wildman–Crippen MR) is 136 cm³/mol. The average Bonchev–Trinajstić information content (AvgIpc) is 3.09. The first-order chi connectivity index (χ1) is 16.4. The zero-order valence-corrected chi connectivity index (χ0v) is 20.5. The number of imide groups is 1. The molecule has 0 aliphatic carbocycles. The molecule has 2 aliphatic heterocycles. The maximum Gasteiger partial charge on any atom is 0.294 e. The van der Waals surface area contributed by atoms with Crippen molar-refractivity contribution >= 4 is 46.3 Å². The van der Waals surface area contributed by atoms with Crippen LogP contribution in [0.4, 0.5) is 16.2 Å². The van der Waals surface area contributed by atoms with Gasteiger partial charge in [0.05, 0.1) is 12.0 Å². The van der Waals surface area contributed by atoms with Crippen LogP contribution >= 0.6 is 11.8 Å². The van der Waals surface area contributed by atoms with E-state index in [0.717, 1.165) is 46.6 Å². The average molecular weight is 480 g/mol. The zero-order chi connectivity index (χ0) is 24.2. The third-order valence-electron chi connectivity index (χ3n) is 6.06. The lowest BCUT2D eigenvalue weighted by Gasteiger charge is -2.29. The summed E-state index contributed by atoms with van der Waals surface area (Å²) in [5, 5.41) is 2.33. The number of nitrogens with zero attached hydrogens (tertiary/aromatic N) is 2. The van der Waals surface area contributed by atoms with Crippen LogP contribution in [0.15, 0.2) is 41.3 Å². The summed E-state index contributed by atoms with van der Waals surface area (Å²) in [6.45, 7) is 5.58. The lowest BCUT2D eigenvalue weighted by Crippen LogP contribution is -2.36. The number of benzene rings is 2. The van der Waals surface area contributed by atoms with Gasteiger partial charge in [-0.2, -0.15) is 0 Å². The second-order valence-electron chi connectivity index (χ2n) is 8.61. The molecule has 178 valence electrons. The standard InChI is InChI=1S/C26H29N3O4S/c1-17-7-10-21(18(2)13-17)27-24(30)16-29-25(31)23(34-26(29)32)14-19-8-9-20(15-22(19)33-3)28-11-5-4-6-12-28/h7-10,13-15H,4-6,11-12,16H2,1-3H3,(H,27,30)/b23-14-. The van der Waals surface area contributed by atoms with Crippen molar-refractivity contribution in [1.82, 2.24) is 4.90 Å². The SMILES string of the molecule is COc1cc(N2CCCCC2)ccc1/C=C1\SC(=O)N(CC(=O)Nc2ccc(C)cc2C)C1=O.